The fourth-order valence-corrected chi connectivity index (χ4v) is 2.01. The van der Waals surface area contributed by atoms with Crippen molar-refractivity contribution in [2.75, 3.05) is 0 Å². The van der Waals surface area contributed by atoms with Gasteiger partial charge >= 0.3 is 5.97 Å². The molecule has 2 aromatic heterocycles. The number of benzene rings is 1. The van der Waals surface area contributed by atoms with Gasteiger partial charge in [0.25, 0.3) is 0 Å². The first-order valence-corrected chi connectivity index (χ1v) is 5.98. The van der Waals surface area contributed by atoms with Gasteiger partial charge in [0.15, 0.2) is 11.5 Å². The number of rotatable bonds is 3. The van der Waals surface area contributed by atoms with Crippen LogP contribution in [0, 0.1) is 0 Å². The summed E-state index contributed by atoms with van der Waals surface area (Å²) in [5.74, 6) is -0.755. The average Bonchev–Trinajstić information content (AvgIpc) is 2.90. The fraction of sp³-hybridized carbons (Fsp3) is 0.0714. The molecular formula is C14H11N3O3. The van der Waals surface area contributed by atoms with Crippen molar-refractivity contribution >= 4 is 11.6 Å². The summed E-state index contributed by atoms with van der Waals surface area (Å²) >= 11 is 0. The van der Waals surface area contributed by atoms with E-state index in [1.54, 1.807) is 18.2 Å². The number of hydrogen-bond acceptors (Lipinski definition) is 4. The van der Waals surface area contributed by atoms with E-state index in [1.165, 1.54) is 16.7 Å². The summed E-state index contributed by atoms with van der Waals surface area (Å²) in [6, 6.07) is 12.0. The van der Waals surface area contributed by atoms with Gasteiger partial charge in [-0.3, -0.25) is 4.40 Å². The van der Waals surface area contributed by atoms with Crippen LogP contribution in [0.3, 0.4) is 0 Å². The summed E-state index contributed by atoms with van der Waals surface area (Å²) in [5.41, 5.74) is 1.27. The zero-order valence-electron chi connectivity index (χ0n) is 10.3. The number of nitrogens with zero attached hydrogens (tertiary/aromatic N) is 3. The Hall–Kier alpha value is -2.73. The van der Waals surface area contributed by atoms with Gasteiger partial charge in [-0.15, -0.1) is 10.2 Å². The second kappa shape index (κ2) is 4.75. The van der Waals surface area contributed by atoms with Gasteiger partial charge in [0.2, 0.25) is 0 Å². The molecule has 0 aliphatic rings. The van der Waals surface area contributed by atoms with Crippen LogP contribution < -0.4 is 0 Å². The number of aliphatic hydroxyl groups is 1. The van der Waals surface area contributed by atoms with Crippen molar-refractivity contribution in [3.63, 3.8) is 0 Å². The van der Waals surface area contributed by atoms with Gasteiger partial charge in [0.1, 0.15) is 6.10 Å². The molecule has 1 unspecified atom stereocenters. The smallest absolute Gasteiger partial charge is 0.337 e. The third-order valence-electron chi connectivity index (χ3n) is 3.04. The first-order chi connectivity index (χ1) is 9.66. The molecule has 1 aromatic carbocycles. The lowest BCUT2D eigenvalue weighted by Crippen LogP contribution is -2.06. The zero-order valence-corrected chi connectivity index (χ0v) is 10.3. The van der Waals surface area contributed by atoms with Gasteiger partial charge in [0, 0.05) is 6.20 Å². The van der Waals surface area contributed by atoms with Crippen LogP contribution in [-0.2, 0) is 0 Å². The van der Waals surface area contributed by atoms with Gasteiger partial charge < -0.3 is 10.2 Å². The Kier molecular flexibility index (Phi) is 2.92. The lowest BCUT2D eigenvalue weighted by molar-refractivity contribution is 0.0696. The standard InChI is InChI=1S/C14H11N3O3/c18-12(9-4-2-1-3-5-9)13-16-15-11-7-6-10(14(19)20)8-17(11)13/h1-8,12,18H,(H,19,20). The topological polar surface area (TPSA) is 87.7 Å². The molecule has 3 rings (SSSR count). The summed E-state index contributed by atoms with van der Waals surface area (Å²) in [6.45, 7) is 0. The van der Waals surface area contributed by atoms with Gasteiger partial charge in [-0.25, -0.2) is 4.79 Å². The summed E-state index contributed by atoms with van der Waals surface area (Å²) in [5, 5.41) is 27.2. The summed E-state index contributed by atoms with van der Waals surface area (Å²) in [7, 11) is 0. The number of fused-ring (bicyclic) bond motifs is 1. The van der Waals surface area contributed by atoms with Crippen LogP contribution >= 0.6 is 0 Å². The molecule has 2 heterocycles. The number of carboxylic acids is 1. The second-order valence-electron chi connectivity index (χ2n) is 4.32. The minimum Gasteiger partial charge on any atom is -0.478 e. The van der Waals surface area contributed by atoms with Crippen LogP contribution in [0.2, 0.25) is 0 Å². The Bertz CT molecular complexity index is 768. The van der Waals surface area contributed by atoms with E-state index in [-0.39, 0.29) is 11.4 Å². The minimum absolute atomic E-state index is 0.110. The van der Waals surface area contributed by atoms with E-state index in [1.807, 2.05) is 18.2 Å². The maximum absolute atomic E-state index is 11.0. The quantitative estimate of drug-likeness (QED) is 0.752. The molecule has 3 aromatic rings. The molecule has 0 aliphatic carbocycles. The number of carboxylic acid groups (broad SMARTS) is 1. The van der Waals surface area contributed by atoms with Crippen LogP contribution in [-0.4, -0.2) is 30.8 Å². The predicted octanol–water partition coefficient (Wildman–Crippen LogP) is 1.51. The molecular weight excluding hydrogens is 258 g/mol. The number of pyridine rings is 1. The highest BCUT2D eigenvalue weighted by molar-refractivity contribution is 5.87. The first-order valence-electron chi connectivity index (χ1n) is 5.98. The maximum Gasteiger partial charge on any atom is 0.337 e. The SMILES string of the molecule is O=C(O)c1ccc2nnc(C(O)c3ccccc3)n2c1. The first kappa shape index (κ1) is 12.3. The van der Waals surface area contributed by atoms with E-state index in [9.17, 15) is 9.90 Å². The van der Waals surface area contributed by atoms with Gasteiger partial charge in [-0.1, -0.05) is 30.3 Å². The van der Waals surface area contributed by atoms with Crippen LogP contribution in [0.25, 0.3) is 5.65 Å². The van der Waals surface area contributed by atoms with Crippen molar-refractivity contribution in [3.05, 3.63) is 65.6 Å². The number of aromatic nitrogens is 3. The molecule has 0 aliphatic heterocycles. The van der Waals surface area contributed by atoms with Crippen molar-refractivity contribution in [2.24, 2.45) is 0 Å². The summed E-state index contributed by atoms with van der Waals surface area (Å²) in [4.78, 5) is 11.0. The van der Waals surface area contributed by atoms with Crippen molar-refractivity contribution in [2.45, 2.75) is 6.10 Å². The van der Waals surface area contributed by atoms with Crippen LogP contribution in [0.15, 0.2) is 48.7 Å². The molecule has 0 bridgehead atoms. The Morgan fingerprint density at radius 3 is 2.55 bits per heavy atom. The molecule has 20 heavy (non-hydrogen) atoms. The normalized spacial score (nSPS) is 12.4. The molecule has 0 spiro atoms. The molecule has 6 nitrogen and oxygen atoms in total. The molecule has 0 fully saturated rings. The molecule has 6 heteroatoms. The third-order valence-corrected chi connectivity index (χ3v) is 3.04. The van der Waals surface area contributed by atoms with Crippen LogP contribution in [0.1, 0.15) is 27.8 Å². The molecule has 100 valence electrons. The maximum atomic E-state index is 11.0. The molecule has 0 radical (unpaired) electrons. The second-order valence-corrected chi connectivity index (χ2v) is 4.32. The third kappa shape index (κ3) is 2.02. The number of carbonyl (C=O) groups is 1. The number of aliphatic hydroxyl groups excluding tert-OH is 1. The van der Waals surface area contributed by atoms with Crippen molar-refractivity contribution in [3.8, 4) is 0 Å². The monoisotopic (exact) mass is 269 g/mol. The van der Waals surface area contributed by atoms with E-state index >= 15 is 0 Å². The highest BCUT2D eigenvalue weighted by Gasteiger charge is 2.18. The molecule has 0 saturated carbocycles. The lowest BCUT2D eigenvalue weighted by atomic mass is 10.1. The minimum atomic E-state index is -1.04. The van der Waals surface area contributed by atoms with Crippen molar-refractivity contribution < 1.29 is 15.0 Å². The molecule has 0 amide bonds. The van der Waals surface area contributed by atoms with Crippen LogP contribution in [0.4, 0.5) is 0 Å². The molecule has 1 atom stereocenters. The van der Waals surface area contributed by atoms with E-state index < -0.39 is 12.1 Å². The van der Waals surface area contributed by atoms with Gasteiger partial charge in [-0.05, 0) is 17.7 Å². The van der Waals surface area contributed by atoms with E-state index in [2.05, 4.69) is 10.2 Å². The van der Waals surface area contributed by atoms with Crippen LogP contribution in [0.5, 0.6) is 0 Å². The van der Waals surface area contributed by atoms with E-state index in [0.29, 0.717) is 11.2 Å². The Balaban J connectivity index is 2.12. The molecule has 2 N–H and O–H groups in total. The van der Waals surface area contributed by atoms with Gasteiger partial charge in [0.05, 0.1) is 5.56 Å². The summed E-state index contributed by atoms with van der Waals surface area (Å²) < 4.78 is 1.49. The fourth-order valence-electron chi connectivity index (χ4n) is 2.01. The predicted molar refractivity (Wildman–Crippen MR) is 70.5 cm³/mol. The Labute approximate surface area is 113 Å². The Morgan fingerprint density at radius 2 is 1.85 bits per heavy atom. The summed E-state index contributed by atoms with van der Waals surface area (Å²) in [6.07, 6.45) is 0.439. The lowest BCUT2D eigenvalue weighted by Gasteiger charge is -2.09. The largest absolute Gasteiger partial charge is 0.478 e. The number of aromatic carboxylic acids is 1. The van der Waals surface area contributed by atoms with Crippen molar-refractivity contribution in [1.29, 1.82) is 0 Å². The van der Waals surface area contributed by atoms with E-state index in [4.69, 9.17) is 5.11 Å². The van der Waals surface area contributed by atoms with E-state index in [0.717, 1.165) is 0 Å². The van der Waals surface area contributed by atoms with Gasteiger partial charge in [-0.2, -0.15) is 0 Å². The highest BCUT2D eigenvalue weighted by atomic mass is 16.4. The Morgan fingerprint density at radius 1 is 1.10 bits per heavy atom. The zero-order chi connectivity index (χ0) is 14.1. The number of hydrogen-bond donors (Lipinski definition) is 2. The highest BCUT2D eigenvalue weighted by Crippen LogP contribution is 2.21. The van der Waals surface area contributed by atoms with Crippen molar-refractivity contribution in [1.82, 2.24) is 14.6 Å². The average molecular weight is 269 g/mol. The molecule has 0 saturated heterocycles.